The molecule has 0 bridgehead atoms. The van der Waals surface area contributed by atoms with Crippen molar-refractivity contribution in [2.75, 3.05) is 10.8 Å². The Bertz CT molecular complexity index is 939. The van der Waals surface area contributed by atoms with Gasteiger partial charge in [-0.05, 0) is 31.5 Å². The maximum Gasteiger partial charge on any atom is 0.324 e. The Hall–Kier alpha value is -2.94. The molecule has 9 heteroatoms. The van der Waals surface area contributed by atoms with Gasteiger partial charge in [-0.2, -0.15) is 0 Å². The normalized spacial score (nSPS) is 11.1. The van der Waals surface area contributed by atoms with Crippen molar-refractivity contribution in [3.8, 4) is 0 Å². The molecule has 25 heavy (non-hydrogen) atoms. The van der Waals surface area contributed by atoms with Crippen LogP contribution in [0.2, 0.25) is 0 Å². The molecule has 0 aromatic heterocycles. The third kappa shape index (κ3) is 3.94. The summed E-state index contributed by atoms with van der Waals surface area (Å²) in [6, 6.07) is 9.42. The summed E-state index contributed by atoms with van der Waals surface area (Å²) in [5.74, 6) is -1.34. The van der Waals surface area contributed by atoms with E-state index in [1.54, 1.807) is 19.1 Å². The van der Waals surface area contributed by atoms with E-state index in [1.165, 1.54) is 18.2 Å². The maximum absolute atomic E-state index is 12.9. The van der Waals surface area contributed by atoms with Gasteiger partial charge in [-0.3, -0.25) is 19.2 Å². The largest absolute Gasteiger partial charge is 0.480 e. The topological polar surface area (TPSA) is 118 Å². The molecule has 0 radical (unpaired) electrons. The van der Waals surface area contributed by atoms with Crippen molar-refractivity contribution in [3.63, 3.8) is 0 Å². The van der Waals surface area contributed by atoms with Gasteiger partial charge in [-0.25, -0.2) is 8.42 Å². The smallest absolute Gasteiger partial charge is 0.324 e. The van der Waals surface area contributed by atoms with Gasteiger partial charge in [0.25, 0.3) is 15.7 Å². The summed E-state index contributed by atoms with van der Waals surface area (Å²) < 4.78 is 26.6. The SMILES string of the molecule is Cc1ccc(N(CC(=O)O)S(=O)(=O)c2cccc([N+](=O)[O-])c2)c(C)c1. The molecule has 0 aliphatic rings. The van der Waals surface area contributed by atoms with Gasteiger partial charge in [0, 0.05) is 12.1 Å². The van der Waals surface area contributed by atoms with Gasteiger partial charge in [-0.15, -0.1) is 0 Å². The third-order valence-corrected chi connectivity index (χ3v) is 5.27. The number of sulfonamides is 1. The molecule has 0 unspecified atom stereocenters. The minimum Gasteiger partial charge on any atom is -0.480 e. The van der Waals surface area contributed by atoms with Crippen molar-refractivity contribution in [3.05, 3.63) is 63.7 Å². The minimum absolute atomic E-state index is 0.208. The fraction of sp³-hybridized carbons (Fsp3) is 0.188. The predicted octanol–water partition coefficient (Wildman–Crippen LogP) is 2.49. The molecule has 0 atom stereocenters. The van der Waals surface area contributed by atoms with Crippen LogP contribution in [0.25, 0.3) is 0 Å². The van der Waals surface area contributed by atoms with Gasteiger partial charge >= 0.3 is 5.97 Å². The summed E-state index contributed by atoms with van der Waals surface area (Å²) in [5.41, 5.74) is 1.29. The number of hydrogen-bond acceptors (Lipinski definition) is 5. The lowest BCUT2D eigenvalue weighted by atomic mass is 10.1. The standard InChI is InChI=1S/C16H16N2O6S/c1-11-6-7-15(12(2)8-11)17(10-16(19)20)25(23,24)14-5-3-4-13(9-14)18(21)22/h3-9H,10H2,1-2H3,(H,19,20). The van der Waals surface area contributed by atoms with Crippen LogP contribution in [0, 0.1) is 24.0 Å². The van der Waals surface area contributed by atoms with Crippen molar-refractivity contribution >= 4 is 27.4 Å². The highest BCUT2D eigenvalue weighted by Gasteiger charge is 2.29. The van der Waals surface area contributed by atoms with Crippen molar-refractivity contribution < 1.29 is 23.2 Å². The lowest BCUT2D eigenvalue weighted by Gasteiger charge is -2.24. The summed E-state index contributed by atoms with van der Waals surface area (Å²) in [6.45, 7) is 2.70. The number of nitro benzene ring substituents is 1. The second kappa shape index (κ2) is 6.89. The molecule has 0 aliphatic heterocycles. The van der Waals surface area contributed by atoms with E-state index in [2.05, 4.69) is 0 Å². The van der Waals surface area contributed by atoms with Crippen molar-refractivity contribution in [1.82, 2.24) is 0 Å². The van der Waals surface area contributed by atoms with E-state index in [9.17, 15) is 23.3 Å². The van der Waals surface area contributed by atoms with E-state index >= 15 is 0 Å². The highest BCUT2D eigenvalue weighted by molar-refractivity contribution is 7.92. The zero-order valence-electron chi connectivity index (χ0n) is 13.5. The molecule has 0 fully saturated rings. The predicted molar refractivity (Wildman–Crippen MR) is 91.2 cm³/mol. The maximum atomic E-state index is 12.9. The van der Waals surface area contributed by atoms with Crippen LogP contribution in [0.5, 0.6) is 0 Å². The van der Waals surface area contributed by atoms with Crippen LogP contribution in [-0.2, 0) is 14.8 Å². The van der Waals surface area contributed by atoms with E-state index in [1.807, 2.05) is 6.92 Å². The number of anilines is 1. The number of aliphatic carboxylic acids is 1. The molecule has 0 heterocycles. The number of nitro groups is 1. The van der Waals surface area contributed by atoms with Gasteiger partial charge < -0.3 is 5.11 Å². The fourth-order valence-corrected chi connectivity index (χ4v) is 3.91. The van der Waals surface area contributed by atoms with Crippen LogP contribution < -0.4 is 4.31 Å². The summed E-state index contributed by atoms with van der Waals surface area (Å²) in [5, 5.41) is 20.0. The molecule has 8 nitrogen and oxygen atoms in total. The number of benzene rings is 2. The van der Waals surface area contributed by atoms with Gasteiger partial charge in [0.1, 0.15) is 6.54 Å². The molecular formula is C16H16N2O6S. The lowest BCUT2D eigenvalue weighted by Crippen LogP contribution is -2.36. The minimum atomic E-state index is -4.29. The molecule has 2 aromatic carbocycles. The Kier molecular flexibility index (Phi) is 5.07. The highest BCUT2D eigenvalue weighted by atomic mass is 32.2. The first-order valence-electron chi connectivity index (χ1n) is 7.19. The average molecular weight is 364 g/mol. The first kappa shape index (κ1) is 18.4. The molecule has 2 rings (SSSR count). The van der Waals surface area contributed by atoms with Crippen LogP contribution in [0.15, 0.2) is 47.4 Å². The monoisotopic (exact) mass is 364 g/mol. The number of carboxylic acid groups (broad SMARTS) is 1. The van der Waals surface area contributed by atoms with Crippen molar-refractivity contribution in [2.45, 2.75) is 18.7 Å². The highest BCUT2D eigenvalue weighted by Crippen LogP contribution is 2.28. The van der Waals surface area contributed by atoms with Crippen LogP contribution in [-0.4, -0.2) is 31.0 Å². The van der Waals surface area contributed by atoms with Gasteiger partial charge in [0.05, 0.1) is 15.5 Å². The molecule has 2 aromatic rings. The van der Waals surface area contributed by atoms with E-state index in [0.29, 0.717) is 5.56 Å². The zero-order chi connectivity index (χ0) is 18.8. The Morgan fingerprint density at radius 2 is 1.88 bits per heavy atom. The molecule has 132 valence electrons. The van der Waals surface area contributed by atoms with Gasteiger partial charge in [-0.1, -0.05) is 23.8 Å². The molecule has 0 amide bonds. The van der Waals surface area contributed by atoms with Gasteiger partial charge in [0.2, 0.25) is 0 Å². The van der Waals surface area contributed by atoms with Crippen molar-refractivity contribution in [2.24, 2.45) is 0 Å². The Labute approximate surface area is 144 Å². The first-order chi connectivity index (χ1) is 11.6. The fourth-order valence-electron chi connectivity index (χ4n) is 2.39. The van der Waals surface area contributed by atoms with E-state index in [4.69, 9.17) is 5.11 Å². The van der Waals surface area contributed by atoms with Crippen LogP contribution in [0.4, 0.5) is 11.4 Å². The molecule has 0 saturated heterocycles. The van der Waals surface area contributed by atoms with E-state index < -0.39 is 33.1 Å². The van der Waals surface area contributed by atoms with Gasteiger partial charge in [0.15, 0.2) is 0 Å². The quantitative estimate of drug-likeness (QED) is 0.621. The first-order valence-corrected chi connectivity index (χ1v) is 8.63. The van der Waals surface area contributed by atoms with Crippen LogP contribution in [0.3, 0.4) is 0 Å². The molecular weight excluding hydrogens is 348 g/mol. The average Bonchev–Trinajstić information content (AvgIpc) is 2.53. The lowest BCUT2D eigenvalue weighted by molar-refractivity contribution is -0.385. The van der Waals surface area contributed by atoms with E-state index in [-0.39, 0.29) is 10.6 Å². The number of aryl methyl sites for hydroxylation is 2. The molecule has 0 saturated carbocycles. The van der Waals surface area contributed by atoms with E-state index in [0.717, 1.165) is 22.0 Å². The summed E-state index contributed by atoms with van der Waals surface area (Å²) in [4.78, 5) is 21.0. The molecule has 0 spiro atoms. The molecule has 1 N–H and O–H groups in total. The number of non-ortho nitro benzene ring substituents is 1. The number of rotatable bonds is 6. The summed E-state index contributed by atoms with van der Waals surface area (Å²) in [7, 11) is -4.29. The summed E-state index contributed by atoms with van der Waals surface area (Å²) in [6.07, 6.45) is 0. The number of carboxylic acids is 1. The van der Waals surface area contributed by atoms with Crippen molar-refractivity contribution in [1.29, 1.82) is 0 Å². The van der Waals surface area contributed by atoms with Crippen LogP contribution in [0.1, 0.15) is 11.1 Å². The Morgan fingerprint density at radius 3 is 2.44 bits per heavy atom. The van der Waals surface area contributed by atoms with Crippen LogP contribution >= 0.6 is 0 Å². The number of carbonyl (C=O) groups is 1. The number of hydrogen-bond donors (Lipinski definition) is 1. The second-order valence-electron chi connectivity index (χ2n) is 5.45. The molecule has 0 aliphatic carbocycles. The Balaban J connectivity index is 2.62. The third-order valence-electron chi connectivity index (χ3n) is 3.52. The summed E-state index contributed by atoms with van der Waals surface area (Å²) >= 11 is 0. The second-order valence-corrected chi connectivity index (χ2v) is 7.31. The Morgan fingerprint density at radius 1 is 1.20 bits per heavy atom. The zero-order valence-corrected chi connectivity index (χ0v) is 14.4. The number of nitrogens with zero attached hydrogens (tertiary/aromatic N) is 2.